The van der Waals surface area contributed by atoms with Gasteiger partial charge in [0.1, 0.15) is 6.33 Å². The summed E-state index contributed by atoms with van der Waals surface area (Å²) in [7, 11) is 0. The first kappa shape index (κ1) is 9.63. The maximum atomic E-state index is 12.2. The van der Waals surface area contributed by atoms with Crippen LogP contribution in [-0.2, 0) is 6.18 Å². The number of aryl methyl sites for hydroxylation is 1. The van der Waals surface area contributed by atoms with Crippen LogP contribution < -0.4 is 0 Å². The fourth-order valence-corrected chi connectivity index (χ4v) is 0.851. The Morgan fingerprint density at radius 3 is 2.38 bits per heavy atom. The molecule has 3 nitrogen and oxygen atoms in total. The fourth-order valence-electron chi connectivity index (χ4n) is 0.851. The first-order chi connectivity index (χ1) is 5.96. The Hall–Kier alpha value is -1.46. The number of nitrogens with zero attached hydrogens (tertiary/aromatic N) is 2. The van der Waals surface area contributed by atoms with Crippen molar-refractivity contribution in [3.8, 4) is 0 Å². The number of hydrogen-bond donors (Lipinski definition) is 0. The zero-order valence-electron chi connectivity index (χ0n) is 6.59. The molecule has 0 amide bonds. The number of rotatable bonds is 1. The van der Waals surface area contributed by atoms with E-state index in [2.05, 4.69) is 9.97 Å². The number of carbonyl (C=O) groups excluding carboxylic acids is 1. The lowest BCUT2D eigenvalue weighted by molar-refractivity contribution is -0.141. The highest BCUT2D eigenvalue weighted by atomic mass is 19.4. The van der Waals surface area contributed by atoms with Crippen LogP contribution in [0.15, 0.2) is 6.33 Å². The smallest absolute Gasteiger partial charge is 0.298 e. The minimum atomic E-state index is -4.61. The van der Waals surface area contributed by atoms with Crippen LogP contribution in [0.5, 0.6) is 0 Å². The van der Waals surface area contributed by atoms with Crippen molar-refractivity contribution in [3.05, 3.63) is 23.3 Å². The lowest BCUT2D eigenvalue weighted by Gasteiger charge is -2.08. The average molecular weight is 190 g/mol. The van der Waals surface area contributed by atoms with Crippen LogP contribution in [0.1, 0.15) is 21.7 Å². The molecule has 6 heteroatoms. The Balaban J connectivity index is 3.37. The molecule has 0 aliphatic carbocycles. The van der Waals surface area contributed by atoms with Gasteiger partial charge in [-0.05, 0) is 6.92 Å². The third kappa shape index (κ3) is 1.82. The summed E-state index contributed by atoms with van der Waals surface area (Å²) in [5.74, 6) is 0. The van der Waals surface area contributed by atoms with E-state index in [0.29, 0.717) is 0 Å². The fraction of sp³-hybridized carbons (Fsp3) is 0.286. The number of halogens is 3. The maximum absolute atomic E-state index is 12.2. The van der Waals surface area contributed by atoms with Gasteiger partial charge in [0.25, 0.3) is 0 Å². The van der Waals surface area contributed by atoms with Gasteiger partial charge in [-0.3, -0.25) is 4.79 Å². The predicted octanol–water partition coefficient (Wildman–Crippen LogP) is 1.62. The zero-order valence-corrected chi connectivity index (χ0v) is 6.59. The molecule has 1 aromatic heterocycles. The van der Waals surface area contributed by atoms with Crippen LogP contribution in [0.2, 0.25) is 0 Å². The number of alkyl halides is 3. The first-order valence-corrected chi connectivity index (χ1v) is 3.30. The molecule has 0 bridgehead atoms. The van der Waals surface area contributed by atoms with E-state index in [0.717, 1.165) is 6.33 Å². The van der Waals surface area contributed by atoms with Crippen molar-refractivity contribution in [2.45, 2.75) is 13.1 Å². The monoisotopic (exact) mass is 190 g/mol. The van der Waals surface area contributed by atoms with Crippen molar-refractivity contribution in [2.24, 2.45) is 0 Å². The summed E-state index contributed by atoms with van der Waals surface area (Å²) in [6, 6.07) is 0. The molecule has 0 saturated carbocycles. The van der Waals surface area contributed by atoms with E-state index in [9.17, 15) is 18.0 Å². The van der Waals surface area contributed by atoms with Crippen LogP contribution >= 0.6 is 0 Å². The van der Waals surface area contributed by atoms with E-state index >= 15 is 0 Å². The number of hydrogen-bond acceptors (Lipinski definition) is 3. The molecule has 0 aromatic carbocycles. The first-order valence-electron chi connectivity index (χ1n) is 3.30. The van der Waals surface area contributed by atoms with E-state index in [1.807, 2.05) is 0 Å². The third-order valence-corrected chi connectivity index (χ3v) is 1.47. The average Bonchev–Trinajstić information content (AvgIpc) is 2.02. The molecule has 0 spiro atoms. The normalized spacial score (nSPS) is 11.4. The highest BCUT2D eigenvalue weighted by Gasteiger charge is 2.36. The van der Waals surface area contributed by atoms with Gasteiger partial charge in [-0.15, -0.1) is 0 Å². The van der Waals surface area contributed by atoms with Gasteiger partial charge in [-0.1, -0.05) is 0 Å². The lowest BCUT2D eigenvalue weighted by atomic mass is 10.2. The number of carbonyl (C=O) groups is 1. The van der Waals surface area contributed by atoms with Gasteiger partial charge in [0.05, 0.1) is 11.3 Å². The van der Waals surface area contributed by atoms with Crippen LogP contribution in [0, 0.1) is 6.92 Å². The lowest BCUT2D eigenvalue weighted by Crippen LogP contribution is -2.13. The van der Waals surface area contributed by atoms with Crippen molar-refractivity contribution in [2.75, 3.05) is 0 Å². The minimum Gasteiger partial charge on any atom is -0.298 e. The van der Waals surface area contributed by atoms with Gasteiger partial charge in [-0.2, -0.15) is 13.2 Å². The third-order valence-electron chi connectivity index (χ3n) is 1.47. The summed E-state index contributed by atoms with van der Waals surface area (Å²) in [5.41, 5.74) is -1.66. The Bertz CT molecular complexity index is 335. The second-order valence-electron chi connectivity index (χ2n) is 2.34. The molecule has 1 rings (SSSR count). The quantitative estimate of drug-likeness (QED) is 0.632. The topological polar surface area (TPSA) is 42.9 Å². The predicted molar refractivity (Wildman–Crippen MR) is 37.2 cm³/mol. The summed E-state index contributed by atoms with van der Waals surface area (Å²) in [5, 5.41) is 0. The minimum absolute atomic E-state index is 0.0253. The number of aldehydes is 1. The zero-order chi connectivity index (χ0) is 10.1. The summed E-state index contributed by atoms with van der Waals surface area (Å²) < 4.78 is 36.5. The standard InChI is InChI=1S/C7H5F3N2O/c1-4-5(2-13)6(7(8,9)10)12-3-11-4/h2-3H,1H3. The second kappa shape index (κ2) is 3.12. The van der Waals surface area contributed by atoms with E-state index in [4.69, 9.17) is 0 Å². The van der Waals surface area contributed by atoms with Crippen molar-refractivity contribution < 1.29 is 18.0 Å². The SMILES string of the molecule is Cc1ncnc(C(F)(F)F)c1C=O. The van der Waals surface area contributed by atoms with E-state index in [1.54, 1.807) is 0 Å². The Morgan fingerprint density at radius 2 is 2.00 bits per heavy atom. The molecule has 0 unspecified atom stereocenters. The Labute approximate surface area is 71.6 Å². The van der Waals surface area contributed by atoms with Crippen molar-refractivity contribution in [1.29, 1.82) is 0 Å². The molecule has 0 fully saturated rings. The van der Waals surface area contributed by atoms with Crippen LogP contribution in [0.4, 0.5) is 13.2 Å². The van der Waals surface area contributed by atoms with Crippen molar-refractivity contribution in [1.82, 2.24) is 9.97 Å². The van der Waals surface area contributed by atoms with E-state index in [-0.39, 0.29) is 12.0 Å². The highest BCUT2D eigenvalue weighted by Crippen LogP contribution is 2.29. The highest BCUT2D eigenvalue weighted by molar-refractivity contribution is 5.78. The van der Waals surface area contributed by atoms with Gasteiger partial charge in [0.2, 0.25) is 0 Å². The van der Waals surface area contributed by atoms with E-state index in [1.165, 1.54) is 6.92 Å². The summed E-state index contributed by atoms with van der Waals surface area (Å²) >= 11 is 0. The van der Waals surface area contributed by atoms with Gasteiger partial charge in [0, 0.05) is 0 Å². The second-order valence-corrected chi connectivity index (χ2v) is 2.34. The molecular formula is C7H5F3N2O. The Morgan fingerprint density at radius 1 is 1.38 bits per heavy atom. The molecule has 70 valence electrons. The summed E-state index contributed by atoms with van der Waals surface area (Å²) in [6.45, 7) is 1.32. The van der Waals surface area contributed by atoms with E-state index < -0.39 is 17.4 Å². The molecule has 1 heterocycles. The van der Waals surface area contributed by atoms with Crippen LogP contribution in [0.25, 0.3) is 0 Å². The molecule has 1 aromatic rings. The van der Waals surface area contributed by atoms with Gasteiger partial charge in [0.15, 0.2) is 12.0 Å². The van der Waals surface area contributed by atoms with Gasteiger partial charge in [-0.25, -0.2) is 9.97 Å². The molecule has 0 aliphatic rings. The molecule has 0 radical (unpaired) electrons. The van der Waals surface area contributed by atoms with Crippen molar-refractivity contribution in [3.63, 3.8) is 0 Å². The van der Waals surface area contributed by atoms with Gasteiger partial charge < -0.3 is 0 Å². The molecule has 0 atom stereocenters. The Kier molecular flexibility index (Phi) is 2.31. The summed E-state index contributed by atoms with van der Waals surface area (Å²) in [4.78, 5) is 16.8. The molecule has 0 N–H and O–H groups in total. The van der Waals surface area contributed by atoms with Crippen LogP contribution in [0.3, 0.4) is 0 Å². The molecule has 0 saturated heterocycles. The molecule has 13 heavy (non-hydrogen) atoms. The van der Waals surface area contributed by atoms with Gasteiger partial charge >= 0.3 is 6.18 Å². The number of aromatic nitrogens is 2. The van der Waals surface area contributed by atoms with Crippen LogP contribution in [-0.4, -0.2) is 16.3 Å². The van der Waals surface area contributed by atoms with Crippen molar-refractivity contribution >= 4 is 6.29 Å². The maximum Gasteiger partial charge on any atom is 0.434 e. The summed E-state index contributed by atoms with van der Waals surface area (Å²) in [6.07, 6.45) is -3.72. The largest absolute Gasteiger partial charge is 0.434 e. The molecule has 0 aliphatic heterocycles. The molecular weight excluding hydrogens is 185 g/mol.